The van der Waals surface area contributed by atoms with Gasteiger partial charge in [-0.2, -0.15) is 0 Å². The predicted octanol–water partition coefficient (Wildman–Crippen LogP) is 2.74. The Bertz CT molecular complexity index is 279. The zero-order chi connectivity index (χ0) is 7.90. The molecule has 0 unspecified atom stereocenters. The molecule has 1 aliphatic rings. The Morgan fingerprint density at radius 2 is 2.18 bits per heavy atom. The van der Waals surface area contributed by atoms with Gasteiger partial charge in [-0.05, 0) is 47.6 Å². The van der Waals surface area contributed by atoms with E-state index in [0.29, 0.717) is 5.41 Å². The van der Waals surface area contributed by atoms with Crippen LogP contribution in [0.4, 0.5) is 0 Å². The summed E-state index contributed by atoms with van der Waals surface area (Å²) in [4.78, 5) is 4.49. The molecule has 0 amide bonds. The minimum atomic E-state index is 0.418. The average molecular weight is 259 g/mol. The summed E-state index contributed by atoms with van der Waals surface area (Å²) in [5.74, 6) is 0. The van der Waals surface area contributed by atoms with Crippen LogP contribution >= 0.6 is 22.6 Å². The molecule has 1 saturated carbocycles. The first-order valence-electron chi connectivity index (χ1n) is 3.84. The van der Waals surface area contributed by atoms with E-state index in [1.807, 2.05) is 6.07 Å². The summed E-state index contributed by atoms with van der Waals surface area (Å²) in [6.45, 7) is 2.28. The lowest BCUT2D eigenvalue weighted by molar-refractivity contribution is 0.746. The summed E-state index contributed by atoms with van der Waals surface area (Å²) in [7, 11) is 0. The summed E-state index contributed by atoms with van der Waals surface area (Å²) in [6, 6.07) is 6.26. The molecule has 0 bridgehead atoms. The molecule has 0 aromatic carbocycles. The van der Waals surface area contributed by atoms with Gasteiger partial charge in [-0.1, -0.05) is 13.0 Å². The van der Waals surface area contributed by atoms with E-state index in [1.54, 1.807) is 0 Å². The van der Waals surface area contributed by atoms with Crippen molar-refractivity contribution in [1.82, 2.24) is 4.98 Å². The van der Waals surface area contributed by atoms with Crippen LogP contribution in [0.15, 0.2) is 18.2 Å². The fourth-order valence-electron chi connectivity index (χ4n) is 1.19. The third-order valence-electron chi connectivity index (χ3n) is 2.33. The number of halogens is 1. The predicted molar refractivity (Wildman–Crippen MR) is 53.5 cm³/mol. The highest BCUT2D eigenvalue weighted by molar-refractivity contribution is 14.1. The Balaban J connectivity index is 2.38. The van der Waals surface area contributed by atoms with Gasteiger partial charge in [0, 0.05) is 11.1 Å². The number of rotatable bonds is 1. The zero-order valence-electron chi connectivity index (χ0n) is 6.47. The van der Waals surface area contributed by atoms with Crippen LogP contribution in [-0.2, 0) is 5.41 Å². The maximum Gasteiger partial charge on any atom is 0.101 e. The molecule has 0 saturated heterocycles. The van der Waals surface area contributed by atoms with Crippen LogP contribution < -0.4 is 0 Å². The van der Waals surface area contributed by atoms with Crippen molar-refractivity contribution in [3.05, 3.63) is 27.6 Å². The van der Waals surface area contributed by atoms with Gasteiger partial charge in [0.05, 0.1) is 0 Å². The normalized spacial score (nSPS) is 19.8. The number of aromatic nitrogens is 1. The highest BCUT2D eigenvalue weighted by Gasteiger charge is 2.40. The molecule has 11 heavy (non-hydrogen) atoms. The van der Waals surface area contributed by atoms with Crippen LogP contribution in [0, 0.1) is 3.70 Å². The first-order valence-corrected chi connectivity index (χ1v) is 4.92. The summed E-state index contributed by atoms with van der Waals surface area (Å²) >= 11 is 2.26. The van der Waals surface area contributed by atoms with Gasteiger partial charge in [0.25, 0.3) is 0 Å². The van der Waals surface area contributed by atoms with Gasteiger partial charge in [0.15, 0.2) is 0 Å². The molecule has 0 radical (unpaired) electrons. The fourth-order valence-corrected chi connectivity index (χ4v) is 1.66. The lowest BCUT2D eigenvalue weighted by Gasteiger charge is -2.06. The van der Waals surface area contributed by atoms with Crippen LogP contribution in [0.5, 0.6) is 0 Å². The monoisotopic (exact) mass is 259 g/mol. The van der Waals surface area contributed by atoms with Crippen LogP contribution in [0.3, 0.4) is 0 Å². The molecule has 0 atom stereocenters. The first kappa shape index (κ1) is 7.53. The minimum Gasteiger partial charge on any atom is -0.246 e. The largest absolute Gasteiger partial charge is 0.246 e. The van der Waals surface area contributed by atoms with Crippen molar-refractivity contribution in [3.63, 3.8) is 0 Å². The number of hydrogen-bond donors (Lipinski definition) is 0. The highest BCUT2D eigenvalue weighted by Crippen LogP contribution is 2.46. The van der Waals surface area contributed by atoms with E-state index in [4.69, 9.17) is 0 Å². The molecule has 0 aliphatic heterocycles. The fraction of sp³-hybridized carbons (Fsp3) is 0.444. The second kappa shape index (κ2) is 2.44. The quantitative estimate of drug-likeness (QED) is 0.558. The average Bonchev–Trinajstić information content (AvgIpc) is 2.70. The van der Waals surface area contributed by atoms with Crippen molar-refractivity contribution in [2.75, 3.05) is 0 Å². The Morgan fingerprint density at radius 3 is 2.73 bits per heavy atom. The van der Waals surface area contributed by atoms with Gasteiger partial charge in [-0.3, -0.25) is 0 Å². The number of nitrogens with zero attached hydrogens (tertiary/aromatic N) is 1. The van der Waals surface area contributed by atoms with E-state index in [2.05, 4.69) is 46.6 Å². The van der Waals surface area contributed by atoms with Crippen LogP contribution in [0.2, 0.25) is 0 Å². The molecular weight excluding hydrogens is 249 g/mol. The van der Waals surface area contributed by atoms with Crippen molar-refractivity contribution in [3.8, 4) is 0 Å². The molecule has 1 heterocycles. The van der Waals surface area contributed by atoms with Crippen LogP contribution in [0.25, 0.3) is 0 Å². The van der Waals surface area contributed by atoms with Crippen LogP contribution in [0.1, 0.15) is 25.5 Å². The molecule has 1 aromatic rings. The van der Waals surface area contributed by atoms with Crippen molar-refractivity contribution >= 4 is 22.6 Å². The second-order valence-electron chi connectivity index (χ2n) is 3.41. The standard InChI is InChI=1S/C9H10IN/c1-9(5-6-9)7-3-2-4-8(10)11-7/h2-4H,5-6H2,1H3. The van der Waals surface area contributed by atoms with Crippen LogP contribution in [-0.4, -0.2) is 4.98 Å². The second-order valence-corrected chi connectivity index (χ2v) is 4.51. The zero-order valence-corrected chi connectivity index (χ0v) is 8.63. The molecular formula is C9H10IN. The number of hydrogen-bond acceptors (Lipinski definition) is 1. The van der Waals surface area contributed by atoms with Crippen molar-refractivity contribution in [1.29, 1.82) is 0 Å². The Morgan fingerprint density at radius 1 is 1.45 bits per heavy atom. The van der Waals surface area contributed by atoms with E-state index in [1.165, 1.54) is 18.5 Å². The smallest absolute Gasteiger partial charge is 0.101 e. The van der Waals surface area contributed by atoms with Crippen molar-refractivity contribution in [2.45, 2.75) is 25.2 Å². The van der Waals surface area contributed by atoms with E-state index in [-0.39, 0.29) is 0 Å². The molecule has 1 aromatic heterocycles. The minimum absolute atomic E-state index is 0.418. The SMILES string of the molecule is CC1(c2cccc(I)n2)CC1. The third kappa shape index (κ3) is 1.41. The Kier molecular flexibility index (Phi) is 1.67. The lowest BCUT2D eigenvalue weighted by Crippen LogP contribution is -2.03. The Hall–Kier alpha value is -0.120. The number of pyridine rings is 1. The van der Waals surface area contributed by atoms with Gasteiger partial charge in [0.1, 0.15) is 3.70 Å². The molecule has 1 fully saturated rings. The van der Waals surface area contributed by atoms with Crippen molar-refractivity contribution in [2.24, 2.45) is 0 Å². The summed E-state index contributed by atoms with van der Waals surface area (Å²) in [5, 5.41) is 0. The molecule has 1 aliphatic carbocycles. The first-order chi connectivity index (χ1) is 5.21. The highest BCUT2D eigenvalue weighted by atomic mass is 127. The topological polar surface area (TPSA) is 12.9 Å². The lowest BCUT2D eigenvalue weighted by atomic mass is 10.1. The molecule has 0 spiro atoms. The van der Waals surface area contributed by atoms with E-state index >= 15 is 0 Å². The van der Waals surface area contributed by atoms with E-state index < -0.39 is 0 Å². The van der Waals surface area contributed by atoms with Crippen molar-refractivity contribution < 1.29 is 0 Å². The van der Waals surface area contributed by atoms with Gasteiger partial charge in [0.2, 0.25) is 0 Å². The molecule has 2 rings (SSSR count). The third-order valence-corrected chi connectivity index (χ3v) is 2.93. The molecule has 1 nitrogen and oxygen atoms in total. The molecule has 58 valence electrons. The van der Waals surface area contributed by atoms with E-state index in [9.17, 15) is 0 Å². The molecule has 0 N–H and O–H groups in total. The molecule has 2 heteroatoms. The van der Waals surface area contributed by atoms with Gasteiger partial charge in [-0.25, -0.2) is 4.98 Å². The summed E-state index contributed by atoms with van der Waals surface area (Å²) in [5.41, 5.74) is 1.69. The van der Waals surface area contributed by atoms with Gasteiger partial charge >= 0.3 is 0 Å². The maximum atomic E-state index is 4.49. The van der Waals surface area contributed by atoms with Gasteiger partial charge in [-0.15, -0.1) is 0 Å². The summed E-state index contributed by atoms with van der Waals surface area (Å²) < 4.78 is 1.10. The maximum absolute atomic E-state index is 4.49. The summed E-state index contributed by atoms with van der Waals surface area (Å²) in [6.07, 6.45) is 2.61. The Labute approximate surface area is 80.4 Å². The van der Waals surface area contributed by atoms with E-state index in [0.717, 1.165) is 3.70 Å². The van der Waals surface area contributed by atoms with Gasteiger partial charge < -0.3 is 0 Å².